The summed E-state index contributed by atoms with van der Waals surface area (Å²) in [7, 11) is 0. The largest absolute Gasteiger partial charge is 0.326 e. The molecule has 0 radical (unpaired) electrons. The molecule has 98 valence electrons. The van der Waals surface area contributed by atoms with Gasteiger partial charge in [0, 0.05) is 17.0 Å². The van der Waals surface area contributed by atoms with Gasteiger partial charge in [-0.25, -0.2) is 0 Å². The molecule has 0 fully saturated rings. The Kier molecular flexibility index (Phi) is 3.31. The summed E-state index contributed by atoms with van der Waals surface area (Å²) < 4.78 is 0. The van der Waals surface area contributed by atoms with E-state index in [0.717, 1.165) is 28.1 Å². The molecule has 1 amide bonds. The monoisotopic (exact) mass is 292 g/mol. The lowest BCUT2D eigenvalue weighted by Gasteiger charge is -2.19. The van der Waals surface area contributed by atoms with Gasteiger partial charge in [-0.3, -0.25) is 4.79 Å². The summed E-state index contributed by atoms with van der Waals surface area (Å²) in [6.45, 7) is 0. The Hall–Kier alpha value is -1.36. The van der Waals surface area contributed by atoms with Crippen molar-refractivity contribution in [2.75, 3.05) is 5.32 Å². The second kappa shape index (κ2) is 4.96. The van der Waals surface area contributed by atoms with E-state index in [0.29, 0.717) is 11.4 Å². The molecule has 2 aromatic rings. The summed E-state index contributed by atoms with van der Waals surface area (Å²) in [6, 6.07) is 7.58. The third-order valence-corrected chi connectivity index (χ3v) is 4.75. The third kappa shape index (κ3) is 2.39. The highest BCUT2D eigenvalue weighted by Gasteiger charge is 2.18. The van der Waals surface area contributed by atoms with Gasteiger partial charge >= 0.3 is 0 Å². The van der Waals surface area contributed by atoms with Gasteiger partial charge in [-0.2, -0.15) is 0 Å². The first-order valence-electron chi connectivity index (χ1n) is 6.06. The van der Waals surface area contributed by atoms with E-state index in [4.69, 9.17) is 17.3 Å². The van der Waals surface area contributed by atoms with Crippen molar-refractivity contribution in [3.05, 3.63) is 50.7 Å². The number of benzene rings is 1. The van der Waals surface area contributed by atoms with Crippen LogP contribution in [0.2, 0.25) is 5.02 Å². The highest BCUT2D eigenvalue weighted by atomic mass is 35.5. The van der Waals surface area contributed by atoms with E-state index in [-0.39, 0.29) is 11.9 Å². The lowest BCUT2D eigenvalue weighted by molar-refractivity contribution is -0.116. The van der Waals surface area contributed by atoms with Crippen molar-refractivity contribution in [1.82, 2.24) is 0 Å². The summed E-state index contributed by atoms with van der Waals surface area (Å²) in [6.07, 6.45) is 1.30. The van der Waals surface area contributed by atoms with Crippen LogP contribution in [-0.4, -0.2) is 5.91 Å². The number of halogens is 1. The lowest BCUT2D eigenvalue weighted by Crippen LogP contribution is -2.20. The Bertz CT molecular complexity index is 638. The minimum Gasteiger partial charge on any atom is -0.326 e. The predicted octanol–water partition coefficient (Wildman–Crippen LogP) is 3.33. The quantitative estimate of drug-likeness (QED) is 0.892. The van der Waals surface area contributed by atoms with Gasteiger partial charge in [-0.1, -0.05) is 23.7 Å². The zero-order valence-corrected chi connectivity index (χ0v) is 11.7. The standard InChI is InChI=1S/C14H13ClN2OS/c15-10-5-6-19-14(10)13(16)9-1-3-11-8(7-9)2-4-12(18)17-11/h1,3,5-7,13H,2,4,16H2,(H,17,18). The molecular formula is C14H13ClN2OS. The SMILES string of the molecule is NC(c1ccc2c(c1)CCC(=O)N2)c1sccc1Cl. The van der Waals surface area contributed by atoms with Crippen molar-refractivity contribution in [2.24, 2.45) is 5.73 Å². The maximum absolute atomic E-state index is 11.3. The molecule has 1 aromatic heterocycles. The van der Waals surface area contributed by atoms with Crippen LogP contribution in [0.25, 0.3) is 0 Å². The molecule has 5 heteroatoms. The fourth-order valence-corrected chi connectivity index (χ4v) is 3.48. The van der Waals surface area contributed by atoms with Crippen LogP contribution in [0.4, 0.5) is 5.69 Å². The summed E-state index contributed by atoms with van der Waals surface area (Å²) in [5.41, 5.74) is 9.32. The number of aryl methyl sites for hydroxylation is 1. The van der Waals surface area contributed by atoms with Crippen LogP contribution < -0.4 is 11.1 Å². The van der Waals surface area contributed by atoms with E-state index < -0.39 is 0 Å². The number of amides is 1. The van der Waals surface area contributed by atoms with Crippen LogP contribution >= 0.6 is 22.9 Å². The van der Waals surface area contributed by atoms with Gasteiger partial charge < -0.3 is 11.1 Å². The highest BCUT2D eigenvalue weighted by molar-refractivity contribution is 7.10. The highest BCUT2D eigenvalue weighted by Crippen LogP contribution is 2.33. The molecule has 19 heavy (non-hydrogen) atoms. The minimum atomic E-state index is -0.213. The first-order chi connectivity index (χ1) is 9.15. The first-order valence-corrected chi connectivity index (χ1v) is 7.32. The Morgan fingerprint density at radius 1 is 1.32 bits per heavy atom. The smallest absolute Gasteiger partial charge is 0.224 e. The van der Waals surface area contributed by atoms with E-state index in [1.54, 1.807) is 11.3 Å². The van der Waals surface area contributed by atoms with E-state index in [9.17, 15) is 4.79 Å². The van der Waals surface area contributed by atoms with Gasteiger partial charge in [0.1, 0.15) is 0 Å². The third-order valence-electron chi connectivity index (χ3n) is 3.31. The number of nitrogens with two attached hydrogens (primary N) is 1. The number of nitrogens with one attached hydrogen (secondary N) is 1. The van der Waals surface area contributed by atoms with Crippen molar-refractivity contribution in [1.29, 1.82) is 0 Å². The number of rotatable bonds is 2. The van der Waals surface area contributed by atoms with Crippen molar-refractivity contribution in [3.63, 3.8) is 0 Å². The van der Waals surface area contributed by atoms with Gasteiger partial charge in [0.15, 0.2) is 0 Å². The molecule has 2 heterocycles. The Balaban J connectivity index is 1.94. The molecule has 0 saturated carbocycles. The molecule has 0 aliphatic carbocycles. The fourth-order valence-electron chi connectivity index (χ4n) is 2.28. The zero-order valence-electron chi connectivity index (χ0n) is 10.2. The molecular weight excluding hydrogens is 280 g/mol. The molecule has 0 spiro atoms. The number of hydrogen-bond acceptors (Lipinski definition) is 3. The molecule has 0 bridgehead atoms. The zero-order chi connectivity index (χ0) is 13.4. The molecule has 0 saturated heterocycles. The molecule has 3 N–H and O–H groups in total. The van der Waals surface area contributed by atoms with Crippen molar-refractivity contribution in [3.8, 4) is 0 Å². The summed E-state index contributed by atoms with van der Waals surface area (Å²) in [4.78, 5) is 12.3. The van der Waals surface area contributed by atoms with Gasteiger partial charge in [-0.05, 0) is 35.1 Å². The summed E-state index contributed by atoms with van der Waals surface area (Å²) >= 11 is 7.68. The Morgan fingerprint density at radius 3 is 2.89 bits per heavy atom. The summed E-state index contributed by atoms with van der Waals surface area (Å²) in [5, 5.41) is 5.52. The molecule has 3 nitrogen and oxygen atoms in total. The number of thiophene rings is 1. The van der Waals surface area contributed by atoms with Crippen LogP contribution in [0.15, 0.2) is 29.6 Å². The minimum absolute atomic E-state index is 0.0749. The maximum atomic E-state index is 11.3. The molecule has 1 aromatic carbocycles. The number of carbonyl (C=O) groups excluding carboxylic acids is 1. The Morgan fingerprint density at radius 2 is 2.16 bits per heavy atom. The second-order valence-corrected chi connectivity index (χ2v) is 5.93. The number of carbonyl (C=O) groups is 1. The summed E-state index contributed by atoms with van der Waals surface area (Å²) in [5.74, 6) is 0.0749. The predicted molar refractivity (Wildman–Crippen MR) is 78.8 cm³/mol. The van der Waals surface area contributed by atoms with Crippen molar-refractivity contribution < 1.29 is 4.79 Å². The van der Waals surface area contributed by atoms with Crippen LogP contribution in [0.5, 0.6) is 0 Å². The van der Waals surface area contributed by atoms with Crippen molar-refractivity contribution >= 4 is 34.5 Å². The van der Waals surface area contributed by atoms with Crippen LogP contribution in [-0.2, 0) is 11.2 Å². The van der Waals surface area contributed by atoms with Gasteiger partial charge in [0.25, 0.3) is 0 Å². The van der Waals surface area contributed by atoms with Crippen LogP contribution in [0, 0.1) is 0 Å². The Labute approximate surface area is 120 Å². The molecule has 3 rings (SSSR count). The molecule has 1 unspecified atom stereocenters. The van der Waals surface area contributed by atoms with Crippen LogP contribution in [0.1, 0.15) is 28.5 Å². The second-order valence-electron chi connectivity index (χ2n) is 4.58. The van der Waals surface area contributed by atoms with E-state index in [1.807, 2.05) is 23.6 Å². The maximum Gasteiger partial charge on any atom is 0.224 e. The van der Waals surface area contributed by atoms with Gasteiger partial charge in [0.2, 0.25) is 5.91 Å². The molecule has 1 atom stereocenters. The van der Waals surface area contributed by atoms with Crippen molar-refractivity contribution in [2.45, 2.75) is 18.9 Å². The number of hydrogen-bond donors (Lipinski definition) is 2. The van der Waals surface area contributed by atoms with E-state index in [1.165, 1.54) is 0 Å². The number of fused-ring (bicyclic) bond motifs is 1. The topological polar surface area (TPSA) is 55.1 Å². The van der Waals surface area contributed by atoms with E-state index >= 15 is 0 Å². The van der Waals surface area contributed by atoms with Crippen LogP contribution in [0.3, 0.4) is 0 Å². The normalized spacial score (nSPS) is 15.8. The average Bonchev–Trinajstić information content (AvgIpc) is 2.83. The van der Waals surface area contributed by atoms with Gasteiger partial charge in [0.05, 0.1) is 11.1 Å². The molecule has 1 aliphatic rings. The lowest BCUT2D eigenvalue weighted by atomic mass is 9.97. The fraction of sp³-hybridized carbons (Fsp3) is 0.214. The first kappa shape index (κ1) is 12.7. The number of anilines is 1. The van der Waals surface area contributed by atoms with Gasteiger partial charge in [-0.15, -0.1) is 11.3 Å². The molecule has 1 aliphatic heterocycles. The van der Waals surface area contributed by atoms with E-state index in [2.05, 4.69) is 11.4 Å². The average molecular weight is 293 g/mol.